The molecule has 1 amide bonds. The van der Waals surface area contributed by atoms with Crippen LogP contribution in [0.25, 0.3) is 0 Å². The number of amides is 1. The van der Waals surface area contributed by atoms with Crippen molar-refractivity contribution in [2.24, 2.45) is 5.92 Å². The summed E-state index contributed by atoms with van der Waals surface area (Å²) in [5, 5.41) is 6.31. The number of benzene rings is 2. The van der Waals surface area contributed by atoms with Gasteiger partial charge in [0.15, 0.2) is 0 Å². The first-order valence-corrected chi connectivity index (χ1v) is 9.06. The lowest BCUT2D eigenvalue weighted by Gasteiger charge is -2.10. The first-order valence-electron chi connectivity index (χ1n) is 7.83. The molecule has 0 aromatic heterocycles. The van der Waals surface area contributed by atoms with E-state index < -0.39 is 0 Å². The first-order chi connectivity index (χ1) is 11.1. The van der Waals surface area contributed by atoms with E-state index in [2.05, 4.69) is 55.0 Å². The summed E-state index contributed by atoms with van der Waals surface area (Å²) in [5.74, 6) is 0.427. The highest BCUT2D eigenvalue weighted by Gasteiger charge is 2.06. The zero-order valence-electron chi connectivity index (χ0n) is 13.9. The maximum atomic E-state index is 12.1. The van der Waals surface area contributed by atoms with Crippen LogP contribution in [-0.4, -0.2) is 18.7 Å². The van der Waals surface area contributed by atoms with Crippen LogP contribution in [0.1, 0.15) is 29.8 Å². The van der Waals surface area contributed by atoms with Gasteiger partial charge in [0.05, 0.1) is 0 Å². The molecule has 0 aliphatic rings. The van der Waals surface area contributed by atoms with Gasteiger partial charge < -0.3 is 10.6 Å². The van der Waals surface area contributed by atoms with Crippen molar-refractivity contribution in [3.05, 3.63) is 59.7 Å². The van der Waals surface area contributed by atoms with E-state index in [1.807, 2.05) is 24.3 Å². The molecule has 0 bridgehead atoms. The van der Waals surface area contributed by atoms with Crippen molar-refractivity contribution in [3.8, 4) is 0 Å². The highest BCUT2D eigenvalue weighted by Crippen LogP contribution is 2.16. The molecule has 2 N–H and O–H groups in total. The van der Waals surface area contributed by atoms with Crippen molar-refractivity contribution in [1.29, 1.82) is 0 Å². The molecule has 122 valence electrons. The molecule has 0 aliphatic carbocycles. The molecule has 0 heterocycles. The molecule has 23 heavy (non-hydrogen) atoms. The molecule has 0 saturated carbocycles. The Labute approximate surface area is 142 Å². The molecule has 0 radical (unpaired) electrons. The number of nitrogens with one attached hydrogen (secondary N) is 2. The molecular formula is C19H24N2OS. The molecule has 2 aromatic rings. The molecule has 0 unspecified atom stereocenters. The molecule has 2 aromatic carbocycles. The minimum absolute atomic E-state index is 0.0216. The Hall–Kier alpha value is -1.94. The largest absolute Gasteiger partial charge is 0.381 e. The van der Waals surface area contributed by atoms with Crippen molar-refractivity contribution in [1.82, 2.24) is 5.32 Å². The second-order valence-electron chi connectivity index (χ2n) is 5.89. The summed E-state index contributed by atoms with van der Waals surface area (Å²) in [6, 6.07) is 16.1. The van der Waals surface area contributed by atoms with Gasteiger partial charge in [-0.3, -0.25) is 4.79 Å². The van der Waals surface area contributed by atoms with Crippen molar-refractivity contribution >= 4 is 23.4 Å². The molecule has 2 rings (SSSR count). The van der Waals surface area contributed by atoms with E-state index in [9.17, 15) is 4.79 Å². The molecule has 0 atom stereocenters. The van der Waals surface area contributed by atoms with E-state index in [-0.39, 0.29) is 5.91 Å². The third-order valence-electron chi connectivity index (χ3n) is 3.45. The minimum atomic E-state index is -0.0216. The lowest BCUT2D eigenvalue weighted by Crippen LogP contribution is -2.27. The number of hydrogen-bond donors (Lipinski definition) is 2. The standard InChI is InChI=1S/C19H24N2OS/c1-14(2)12-21-19(22)16-5-4-6-17(11-16)20-13-15-7-9-18(23-3)10-8-15/h4-11,14,20H,12-13H2,1-3H3,(H,21,22). The van der Waals surface area contributed by atoms with Gasteiger partial charge in [-0.25, -0.2) is 0 Å². The summed E-state index contributed by atoms with van der Waals surface area (Å²) in [4.78, 5) is 13.4. The summed E-state index contributed by atoms with van der Waals surface area (Å²) < 4.78 is 0. The Bertz CT molecular complexity index is 638. The lowest BCUT2D eigenvalue weighted by atomic mass is 10.1. The number of hydrogen-bond acceptors (Lipinski definition) is 3. The topological polar surface area (TPSA) is 41.1 Å². The Morgan fingerprint density at radius 2 is 1.87 bits per heavy atom. The Balaban J connectivity index is 1.95. The maximum Gasteiger partial charge on any atom is 0.251 e. The number of anilines is 1. The zero-order valence-corrected chi connectivity index (χ0v) is 14.7. The van der Waals surface area contributed by atoms with Crippen molar-refractivity contribution in [2.75, 3.05) is 18.1 Å². The van der Waals surface area contributed by atoms with Crippen molar-refractivity contribution in [3.63, 3.8) is 0 Å². The highest BCUT2D eigenvalue weighted by atomic mass is 32.2. The van der Waals surface area contributed by atoms with Gasteiger partial charge >= 0.3 is 0 Å². The fourth-order valence-electron chi connectivity index (χ4n) is 2.12. The highest BCUT2D eigenvalue weighted by molar-refractivity contribution is 7.98. The van der Waals surface area contributed by atoms with Gasteiger partial charge in [-0.05, 0) is 48.1 Å². The molecule has 0 aliphatic heterocycles. The van der Waals surface area contributed by atoms with Crippen molar-refractivity contribution in [2.45, 2.75) is 25.3 Å². The van der Waals surface area contributed by atoms with E-state index in [0.29, 0.717) is 18.0 Å². The summed E-state index contributed by atoms with van der Waals surface area (Å²) >= 11 is 1.74. The lowest BCUT2D eigenvalue weighted by molar-refractivity contribution is 0.0949. The summed E-state index contributed by atoms with van der Waals surface area (Å²) in [5.41, 5.74) is 2.86. The predicted molar refractivity (Wildman–Crippen MR) is 99.2 cm³/mol. The fourth-order valence-corrected chi connectivity index (χ4v) is 2.53. The van der Waals surface area contributed by atoms with Crippen LogP contribution in [0, 0.1) is 5.92 Å². The number of carbonyl (C=O) groups excluding carboxylic acids is 1. The van der Waals surface area contributed by atoms with Crippen LogP contribution in [0.5, 0.6) is 0 Å². The van der Waals surface area contributed by atoms with Gasteiger partial charge in [-0.2, -0.15) is 0 Å². The smallest absolute Gasteiger partial charge is 0.251 e. The van der Waals surface area contributed by atoms with E-state index in [1.54, 1.807) is 11.8 Å². The van der Waals surface area contributed by atoms with Crippen LogP contribution in [-0.2, 0) is 6.54 Å². The van der Waals surface area contributed by atoms with Gasteiger partial charge in [0.25, 0.3) is 5.91 Å². The van der Waals surface area contributed by atoms with E-state index in [1.165, 1.54) is 10.5 Å². The fraction of sp³-hybridized carbons (Fsp3) is 0.316. The molecular weight excluding hydrogens is 304 g/mol. The normalized spacial score (nSPS) is 10.6. The number of thioether (sulfide) groups is 1. The molecule has 3 nitrogen and oxygen atoms in total. The zero-order chi connectivity index (χ0) is 16.7. The second-order valence-corrected chi connectivity index (χ2v) is 6.77. The maximum absolute atomic E-state index is 12.1. The quantitative estimate of drug-likeness (QED) is 0.740. The van der Waals surface area contributed by atoms with Gasteiger partial charge in [0, 0.05) is 29.2 Å². The van der Waals surface area contributed by atoms with Crippen LogP contribution < -0.4 is 10.6 Å². The Morgan fingerprint density at radius 3 is 2.52 bits per heavy atom. The Kier molecular flexibility index (Phi) is 6.53. The molecule has 4 heteroatoms. The predicted octanol–water partition coefficient (Wildman–Crippen LogP) is 4.41. The minimum Gasteiger partial charge on any atom is -0.381 e. The summed E-state index contributed by atoms with van der Waals surface area (Å²) in [6.07, 6.45) is 2.07. The summed E-state index contributed by atoms with van der Waals surface area (Å²) in [7, 11) is 0. The van der Waals surface area contributed by atoms with E-state index in [4.69, 9.17) is 0 Å². The SMILES string of the molecule is CSc1ccc(CNc2cccc(C(=O)NCC(C)C)c2)cc1. The van der Waals surface area contributed by atoms with Crippen LogP contribution in [0.2, 0.25) is 0 Å². The van der Waals surface area contributed by atoms with E-state index >= 15 is 0 Å². The van der Waals surface area contributed by atoms with Crippen LogP contribution in [0.4, 0.5) is 5.69 Å². The van der Waals surface area contributed by atoms with Gasteiger partial charge in [0.1, 0.15) is 0 Å². The number of rotatable bonds is 7. The molecule has 0 saturated heterocycles. The van der Waals surface area contributed by atoms with Gasteiger partial charge in [-0.1, -0.05) is 32.0 Å². The van der Waals surface area contributed by atoms with Crippen LogP contribution in [0.3, 0.4) is 0 Å². The average Bonchev–Trinajstić information content (AvgIpc) is 2.58. The first kappa shape index (κ1) is 17.4. The van der Waals surface area contributed by atoms with Crippen LogP contribution >= 0.6 is 11.8 Å². The van der Waals surface area contributed by atoms with Gasteiger partial charge in [0.2, 0.25) is 0 Å². The average molecular weight is 328 g/mol. The monoisotopic (exact) mass is 328 g/mol. The summed E-state index contributed by atoms with van der Waals surface area (Å²) in [6.45, 7) is 5.60. The van der Waals surface area contributed by atoms with Crippen LogP contribution in [0.15, 0.2) is 53.4 Å². The third-order valence-corrected chi connectivity index (χ3v) is 4.19. The Morgan fingerprint density at radius 1 is 1.13 bits per heavy atom. The van der Waals surface area contributed by atoms with E-state index in [0.717, 1.165) is 12.2 Å². The van der Waals surface area contributed by atoms with Gasteiger partial charge in [-0.15, -0.1) is 11.8 Å². The number of carbonyl (C=O) groups is 1. The van der Waals surface area contributed by atoms with Crippen molar-refractivity contribution < 1.29 is 4.79 Å². The third kappa shape index (κ3) is 5.64. The molecule has 0 fully saturated rings. The second kappa shape index (κ2) is 8.63. The molecule has 0 spiro atoms.